The van der Waals surface area contributed by atoms with E-state index in [0.717, 1.165) is 4.90 Å². The molecular formula is C5H9NO4S. The number of nitrogens with zero attached hydrogens (tertiary/aromatic N) is 1. The van der Waals surface area contributed by atoms with Gasteiger partial charge in [0.1, 0.15) is 0 Å². The van der Waals surface area contributed by atoms with E-state index in [9.17, 15) is 13.2 Å². The van der Waals surface area contributed by atoms with Gasteiger partial charge in [0.2, 0.25) is 5.91 Å². The highest BCUT2D eigenvalue weighted by Crippen LogP contribution is 2.21. The van der Waals surface area contributed by atoms with Crippen molar-refractivity contribution in [1.29, 1.82) is 0 Å². The molecule has 1 N–H and O–H groups in total. The molecule has 0 radical (unpaired) electrons. The van der Waals surface area contributed by atoms with Crippen molar-refractivity contribution in [3.8, 4) is 0 Å². The van der Waals surface area contributed by atoms with Crippen LogP contribution < -0.4 is 0 Å². The summed E-state index contributed by atoms with van der Waals surface area (Å²) in [6, 6.07) is 0. The monoisotopic (exact) mass is 179 g/mol. The second kappa shape index (κ2) is 2.46. The molecule has 1 amide bonds. The largest absolute Gasteiger partial charge is 0.324 e. The predicted molar refractivity (Wildman–Crippen MR) is 37.3 cm³/mol. The van der Waals surface area contributed by atoms with Crippen molar-refractivity contribution in [2.24, 2.45) is 0 Å². The Balaban J connectivity index is 2.72. The van der Waals surface area contributed by atoms with E-state index >= 15 is 0 Å². The van der Waals surface area contributed by atoms with E-state index in [4.69, 9.17) is 4.55 Å². The highest BCUT2D eigenvalue weighted by molar-refractivity contribution is 7.86. The minimum Gasteiger partial charge on any atom is -0.324 e. The summed E-state index contributed by atoms with van der Waals surface area (Å²) < 4.78 is 29.5. The van der Waals surface area contributed by atoms with Crippen LogP contribution in [0.25, 0.3) is 0 Å². The maximum atomic E-state index is 10.6. The van der Waals surface area contributed by atoms with E-state index in [2.05, 4.69) is 0 Å². The first kappa shape index (κ1) is 8.48. The zero-order valence-electron chi connectivity index (χ0n) is 6.02. The van der Waals surface area contributed by atoms with E-state index in [1.807, 2.05) is 0 Å². The van der Waals surface area contributed by atoms with Crippen LogP contribution >= 0.6 is 0 Å². The molecule has 1 aliphatic rings. The molecule has 1 fully saturated rings. The summed E-state index contributed by atoms with van der Waals surface area (Å²) in [5.41, 5.74) is 0. The fourth-order valence-electron chi connectivity index (χ4n) is 1.03. The summed E-state index contributed by atoms with van der Waals surface area (Å²) >= 11 is 0. The Morgan fingerprint density at radius 3 is 2.27 bits per heavy atom. The van der Waals surface area contributed by atoms with Crippen molar-refractivity contribution in [3.05, 3.63) is 0 Å². The molecule has 0 saturated carbocycles. The third kappa shape index (κ3) is 1.51. The minimum absolute atomic E-state index is 0.320. The maximum Gasteiger partial charge on any atom is 0.286 e. The SMILES string of the molecule is CC(=O)N1CCC1S(=O)(=O)O. The molecule has 6 heteroatoms. The quantitative estimate of drug-likeness (QED) is 0.548. The van der Waals surface area contributed by atoms with Crippen molar-refractivity contribution in [2.75, 3.05) is 6.54 Å². The molecule has 64 valence electrons. The van der Waals surface area contributed by atoms with Gasteiger partial charge in [-0.3, -0.25) is 9.35 Å². The number of amides is 1. The Morgan fingerprint density at radius 1 is 1.64 bits per heavy atom. The lowest BCUT2D eigenvalue weighted by Gasteiger charge is -2.37. The molecule has 11 heavy (non-hydrogen) atoms. The summed E-state index contributed by atoms with van der Waals surface area (Å²) in [6.07, 6.45) is 0.332. The number of carbonyl (C=O) groups excluding carboxylic acids is 1. The normalized spacial score (nSPS) is 24.5. The molecule has 0 spiro atoms. The first-order valence-corrected chi connectivity index (χ1v) is 4.67. The van der Waals surface area contributed by atoms with Gasteiger partial charge < -0.3 is 4.90 Å². The Bertz CT molecular complexity index is 270. The summed E-state index contributed by atoms with van der Waals surface area (Å²) in [7, 11) is -4.06. The predicted octanol–water partition coefficient (Wildman–Crippen LogP) is -0.547. The lowest BCUT2D eigenvalue weighted by atomic mass is 10.2. The van der Waals surface area contributed by atoms with E-state index in [-0.39, 0.29) is 5.91 Å². The Kier molecular flexibility index (Phi) is 1.89. The van der Waals surface area contributed by atoms with E-state index in [1.165, 1.54) is 6.92 Å². The van der Waals surface area contributed by atoms with Gasteiger partial charge in [-0.2, -0.15) is 8.42 Å². The molecule has 1 saturated heterocycles. The second-order valence-electron chi connectivity index (χ2n) is 2.47. The van der Waals surface area contributed by atoms with Crippen LogP contribution in [0.5, 0.6) is 0 Å². The summed E-state index contributed by atoms with van der Waals surface area (Å²) in [5.74, 6) is -0.320. The fraction of sp³-hybridized carbons (Fsp3) is 0.800. The molecular weight excluding hydrogens is 170 g/mol. The summed E-state index contributed by atoms with van der Waals surface area (Å²) in [5, 5.41) is -1.00. The zero-order valence-corrected chi connectivity index (χ0v) is 6.84. The van der Waals surface area contributed by atoms with Gasteiger partial charge in [0.15, 0.2) is 5.37 Å². The van der Waals surface area contributed by atoms with E-state index in [0.29, 0.717) is 13.0 Å². The van der Waals surface area contributed by atoms with Gasteiger partial charge in [-0.1, -0.05) is 0 Å². The van der Waals surface area contributed by atoms with Crippen LogP contribution in [0.3, 0.4) is 0 Å². The third-order valence-corrected chi connectivity index (χ3v) is 2.89. The van der Waals surface area contributed by atoms with Crippen LogP contribution in [-0.2, 0) is 14.9 Å². The molecule has 1 rings (SSSR count). The standard InChI is InChI=1S/C5H9NO4S/c1-4(7)6-3-2-5(6)11(8,9)10/h5H,2-3H2,1H3,(H,8,9,10). The number of carbonyl (C=O) groups is 1. The van der Waals surface area contributed by atoms with Crippen LogP contribution in [0.15, 0.2) is 0 Å². The topological polar surface area (TPSA) is 74.7 Å². The third-order valence-electron chi connectivity index (χ3n) is 1.71. The Morgan fingerprint density at radius 2 is 2.18 bits per heavy atom. The minimum atomic E-state index is -4.06. The average molecular weight is 179 g/mol. The van der Waals surface area contributed by atoms with Crippen LogP contribution in [0.4, 0.5) is 0 Å². The zero-order chi connectivity index (χ0) is 8.65. The van der Waals surface area contributed by atoms with Gasteiger partial charge in [-0.25, -0.2) is 0 Å². The molecule has 5 nitrogen and oxygen atoms in total. The molecule has 0 bridgehead atoms. The Labute approximate surface area is 64.7 Å². The Hall–Kier alpha value is -0.620. The van der Waals surface area contributed by atoms with Gasteiger partial charge in [0.05, 0.1) is 0 Å². The van der Waals surface area contributed by atoms with E-state index < -0.39 is 15.5 Å². The molecule has 0 aromatic rings. The van der Waals surface area contributed by atoms with Crippen molar-refractivity contribution in [2.45, 2.75) is 18.7 Å². The van der Waals surface area contributed by atoms with Crippen LogP contribution in [0.2, 0.25) is 0 Å². The number of likely N-dealkylation sites (tertiary alicyclic amines) is 1. The highest BCUT2D eigenvalue weighted by Gasteiger charge is 2.39. The van der Waals surface area contributed by atoms with Crippen molar-refractivity contribution >= 4 is 16.0 Å². The molecule has 1 heterocycles. The molecule has 1 unspecified atom stereocenters. The van der Waals surface area contributed by atoms with Gasteiger partial charge >= 0.3 is 0 Å². The fourth-order valence-corrected chi connectivity index (χ4v) is 2.01. The number of rotatable bonds is 1. The van der Waals surface area contributed by atoms with Crippen LogP contribution in [0, 0.1) is 0 Å². The van der Waals surface area contributed by atoms with Crippen LogP contribution in [0.1, 0.15) is 13.3 Å². The highest BCUT2D eigenvalue weighted by atomic mass is 32.2. The second-order valence-corrected chi connectivity index (χ2v) is 4.04. The van der Waals surface area contributed by atoms with E-state index in [1.54, 1.807) is 0 Å². The molecule has 0 aliphatic carbocycles. The van der Waals surface area contributed by atoms with Gasteiger partial charge in [-0.05, 0) is 0 Å². The average Bonchev–Trinajstić information content (AvgIpc) is 1.51. The maximum absolute atomic E-state index is 10.6. The first-order chi connectivity index (χ1) is 4.93. The van der Waals surface area contributed by atoms with Gasteiger partial charge in [-0.15, -0.1) is 0 Å². The van der Waals surface area contributed by atoms with Crippen LogP contribution in [-0.4, -0.2) is 35.7 Å². The van der Waals surface area contributed by atoms with Crippen molar-refractivity contribution in [3.63, 3.8) is 0 Å². The smallest absolute Gasteiger partial charge is 0.286 e. The molecule has 1 atom stereocenters. The molecule has 0 aromatic heterocycles. The number of hydrogen-bond acceptors (Lipinski definition) is 3. The number of hydrogen-bond donors (Lipinski definition) is 1. The summed E-state index contributed by atoms with van der Waals surface area (Å²) in [4.78, 5) is 11.8. The van der Waals surface area contributed by atoms with Crippen molar-refractivity contribution < 1.29 is 17.8 Å². The van der Waals surface area contributed by atoms with Crippen molar-refractivity contribution in [1.82, 2.24) is 4.90 Å². The molecule has 1 aliphatic heterocycles. The lowest BCUT2D eigenvalue weighted by Crippen LogP contribution is -2.54. The lowest BCUT2D eigenvalue weighted by molar-refractivity contribution is -0.133. The van der Waals surface area contributed by atoms with Gasteiger partial charge in [0.25, 0.3) is 10.1 Å². The molecule has 0 aromatic carbocycles. The van der Waals surface area contributed by atoms with Gasteiger partial charge in [0, 0.05) is 19.9 Å². The first-order valence-electron chi connectivity index (χ1n) is 3.16. The summed E-state index contributed by atoms with van der Waals surface area (Å²) in [6.45, 7) is 1.69.